The summed E-state index contributed by atoms with van der Waals surface area (Å²) in [5.74, 6) is 0.787. The molecule has 0 radical (unpaired) electrons. The van der Waals surface area contributed by atoms with Crippen LogP contribution in [0.25, 0.3) is 5.82 Å². The Morgan fingerprint density at radius 3 is 2.56 bits per heavy atom. The number of aromatic hydroxyl groups is 1. The molecule has 32 heavy (non-hydrogen) atoms. The van der Waals surface area contributed by atoms with Gasteiger partial charge in [0.05, 0.1) is 22.4 Å². The maximum Gasteiger partial charge on any atom is 0.174 e. The number of rotatable bonds is 4. The fraction of sp³-hybridized carbons (Fsp3) is 0.0870. The Hall–Kier alpha value is -3.13. The predicted octanol–water partition coefficient (Wildman–Crippen LogP) is 5.46. The maximum atomic E-state index is 10.7. The van der Waals surface area contributed by atoms with Crippen molar-refractivity contribution in [3.05, 3.63) is 101 Å². The highest BCUT2D eigenvalue weighted by Crippen LogP contribution is 2.45. The van der Waals surface area contributed by atoms with Crippen LogP contribution < -0.4 is 10.2 Å². The summed E-state index contributed by atoms with van der Waals surface area (Å²) in [5.41, 5.74) is 2.23. The van der Waals surface area contributed by atoms with Gasteiger partial charge in [0, 0.05) is 29.3 Å². The Labute approximate surface area is 200 Å². The molecule has 5 rings (SSSR count). The van der Waals surface area contributed by atoms with Crippen LogP contribution in [0.4, 0.5) is 5.69 Å². The molecule has 0 saturated carbocycles. The lowest BCUT2D eigenvalue weighted by atomic mass is 10.0. The Balaban J connectivity index is 1.69. The molecule has 6 nitrogen and oxygen atoms in total. The molecule has 2 N–H and O–H groups in total. The topological polar surface area (TPSA) is 66.2 Å². The van der Waals surface area contributed by atoms with E-state index in [1.807, 2.05) is 52.1 Å². The molecule has 1 aliphatic rings. The SMILES string of the molecule is Oc1ccc(Cl)cc1N1C(=S)N[C@H](c2ccccn2)[C@@H]1c1cccn1-c1ccc(Cl)cn1. The first kappa shape index (κ1) is 20.8. The van der Waals surface area contributed by atoms with Crippen molar-refractivity contribution in [2.45, 2.75) is 12.1 Å². The number of nitrogens with one attached hydrogen (secondary N) is 1. The predicted molar refractivity (Wildman–Crippen MR) is 130 cm³/mol. The van der Waals surface area contributed by atoms with Crippen LogP contribution in [0.5, 0.6) is 5.75 Å². The first-order chi connectivity index (χ1) is 15.5. The van der Waals surface area contributed by atoms with Crippen LogP contribution in [-0.4, -0.2) is 24.8 Å². The molecule has 0 unspecified atom stereocenters. The van der Waals surface area contributed by atoms with Crippen molar-refractivity contribution in [3.8, 4) is 11.6 Å². The number of hydrogen-bond donors (Lipinski definition) is 2. The molecule has 1 fully saturated rings. The summed E-state index contributed by atoms with van der Waals surface area (Å²) in [6, 6.07) is 17.6. The second kappa shape index (κ2) is 8.43. The number of nitrogens with zero attached hydrogens (tertiary/aromatic N) is 4. The molecule has 0 amide bonds. The Kier molecular flexibility index (Phi) is 5.46. The average molecular weight is 482 g/mol. The summed E-state index contributed by atoms with van der Waals surface area (Å²) < 4.78 is 1.97. The molecule has 4 aromatic rings. The third-order valence-electron chi connectivity index (χ3n) is 5.34. The van der Waals surface area contributed by atoms with Crippen LogP contribution >= 0.6 is 35.4 Å². The van der Waals surface area contributed by atoms with Gasteiger partial charge < -0.3 is 19.9 Å². The first-order valence-corrected chi connectivity index (χ1v) is 11.0. The van der Waals surface area contributed by atoms with Gasteiger partial charge in [-0.05, 0) is 66.8 Å². The first-order valence-electron chi connectivity index (χ1n) is 9.81. The third-order valence-corrected chi connectivity index (χ3v) is 6.11. The maximum absolute atomic E-state index is 10.7. The van der Waals surface area contributed by atoms with E-state index < -0.39 is 0 Å². The van der Waals surface area contributed by atoms with E-state index in [4.69, 9.17) is 35.4 Å². The largest absolute Gasteiger partial charge is 0.506 e. The normalized spacial score (nSPS) is 18.1. The average Bonchev–Trinajstić information content (AvgIpc) is 3.41. The highest BCUT2D eigenvalue weighted by molar-refractivity contribution is 7.80. The van der Waals surface area contributed by atoms with E-state index in [0.717, 1.165) is 11.4 Å². The number of phenols is 1. The monoisotopic (exact) mass is 481 g/mol. The van der Waals surface area contributed by atoms with E-state index in [0.29, 0.717) is 26.7 Å². The number of hydrogen-bond acceptors (Lipinski definition) is 4. The van der Waals surface area contributed by atoms with Crippen LogP contribution in [0.2, 0.25) is 10.0 Å². The van der Waals surface area contributed by atoms with E-state index in [2.05, 4.69) is 15.3 Å². The summed E-state index contributed by atoms with van der Waals surface area (Å²) in [5, 5.41) is 15.6. The lowest BCUT2D eigenvalue weighted by Crippen LogP contribution is -2.30. The van der Waals surface area contributed by atoms with Crippen molar-refractivity contribution in [3.63, 3.8) is 0 Å². The van der Waals surface area contributed by atoms with Crippen molar-refractivity contribution in [1.82, 2.24) is 19.9 Å². The van der Waals surface area contributed by atoms with Gasteiger partial charge in [-0.3, -0.25) is 4.98 Å². The van der Waals surface area contributed by atoms with Crippen molar-refractivity contribution in [2.24, 2.45) is 0 Å². The molecule has 160 valence electrons. The smallest absolute Gasteiger partial charge is 0.174 e. The van der Waals surface area contributed by atoms with Crippen LogP contribution in [0.3, 0.4) is 0 Å². The number of aromatic nitrogens is 3. The molecular weight excluding hydrogens is 465 g/mol. The lowest BCUT2D eigenvalue weighted by molar-refractivity contribution is 0.472. The molecule has 1 saturated heterocycles. The van der Waals surface area contributed by atoms with Gasteiger partial charge in [-0.1, -0.05) is 29.3 Å². The number of halogens is 2. The quantitative estimate of drug-likeness (QED) is 0.377. The summed E-state index contributed by atoms with van der Waals surface area (Å²) in [4.78, 5) is 10.9. The number of anilines is 1. The highest BCUT2D eigenvalue weighted by atomic mass is 35.5. The van der Waals surface area contributed by atoms with E-state index in [1.54, 1.807) is 36.7 Å². The number of phenolic OH excluding ortho intramolecular Hbond substituents is 1. The van der Waals surface area contributed by atoms with Gasteiger partial charge in [0.2, 0.25) is 0 Å². The minimum atomic E-state index is -0.339. The molecule has 2 atom stereocenters. The van der Waals surface area contributed by atoms with Crippen molar-refractivity contribution in [2.75, 3.05) is 4.90 Å². The summed E-state index contributed by atoms with van der Waals surface area (Å²) >= 11 is 18.0. The molecule has 0 bridgehead atoms. The van der Waals surface area contributed by atoms with E-state index in [1.165, 1.54) is 0 Å². The van der Waals surface area contributed by atoms with Gasteiger partial charge in [-0.25, -0.2) is 4.98 Å². The van der Waals surface area contributed by atoms with Gasteiger partial charge in [0.15, 0.2) is 5.11 Å². The van der Waals surface area contributed by atoms with Crippen LogP contribution in [-0.2, 0) is 0 Å². The molecule has 3 aromatic heterocycles. The fourth-order valence-electron chi connectivity index (χ4n) is 3.96. The van der Waals surface area contributed by atoms with Crippen molar-refractivity contribution < 1.29 is 5.11 Å². The summed E-state index contributed by atoms with van der Waals surface area (Å²) in [6.45, 7) is 0. The molecular formula is C23H17Cl2N5OS. The van der Waals surface area contributed by atoms with Gasteiger partial charge >= 0.3 is 0 Å². The second-order valence-electron chi connectivity index (χ2n) is 7.27. The summed E-state index contributed by atoms with van der Waals surface area (Å²) in [6.07, 6.45) is 5.28. The van der Waals surface area contributed by atoms with E-state index >= 15 is 0 Å². The van der Waals surface area contributed by atoms with Crippen molar-refractivity contribution >= 4 is 46.2 Å². The zero-order chi connectivity index (χ0) is 22.2. The Bertz CT molecular complexity index is 1280. The minimum Gasteiger partial charge on any atom is -0.506 e. The van der Waals surface area contributed by atoms with Crippen LogP contribution in [0, 0.1) is 0 Å². The molecule has 1 aromatic carbocycles. The third kappa shape index (κ3) is 3.68. The van der Waals surface area contributed by atoms with Gasteiger partial charge in [-0.2, -0.15) is 0 Å². The number of thiocarbonyl (C=S) groups is 1. The van der Waals surface area contributed by atoms with Crippen molar-refractivity contribution in [1.29, 1.82) is 0 Å². The Morgan fingerprint density at radius 2 is 1.81 bits per heavy atom. The van der Waals surface area contributed by atoms with Crippen LogP contribution in [0.15, 0.2) is 79.3 Å². The zero-order valence-corrected chi connectivity index (χ0v) is 18.9. The Morgan fingerprint density at radius 1 is 0.969 bits per heavy atom. The molecule has 0 aliphatic carbocycles. The standard InChI is InChI=1S/C23H17Cl2N5OS/c24-14-6-8-19(31)18(12-14)30-22(21(28-23(30)32)16-4-1-2-10-26-16)17-5-3-11-29(17)20-9-7-15(25)13-27-20/h1-13,21-22,31H,(H,28,32)/t21-,22+/m1/s1. The second-order valence-corrected chi connectivity index (χ2v) is 8.53. The molecule has 1 aliphatic heterocycles. The van der Waals surface area contributed by atoms with Crippen LogP contribution in [0.1, 0.15) is 23.5 Å². The number of benzene rings is 1. The van der Waals surface area contributed by atoms with E-state index in [9.17, 15) is 5.11 Å². The molecule has 4 heterocycles. The minimum absolute atomic E-state index is 0.0768. The van der Waals surface area contributed by atoms with Gasteiger partial charge in [-0.15, -0.1) is 0 Å². The fourth-order valence-corrected chi connectivity index (χ4v) is 4.58. The van der Waals surface area contributed by atoms with Gasteiger partial charge in [0.1, 0.15) is 17.6 Å². The summed E-state index contributed by atoms with van der Waals surface area (Å²) in [7, 11) is 0. The van der Waals surface area contributed by atoms with E-state index in [-0.39, 0.29) is 17.8 Å². The van der Waals surface area contributed by atoms with Gasteiger partial charge in [0.25, 0.3) is 0 Å². The highest BCUT2D eigenvalue weighted by Gasteiger charge is 2.43. The molecule has 9 heteroatoms. The zero-order valence-electron chi connectivity index (χ0n) is 16.6. The number of pyridine rings is 2. The molecule has 0 spiro atoms. The lowest BCUT2D eigenvalue weighted by Gasteiger charge is -2.29.